The number of hydrogen-bond donors (Lipinski definition) is 12. The van der Waals surface area contributed by atoms with Gasteiger partial charge in [-0.1, -0.05) is 314 Å². The summed E-state index contributed by atoms with van der Waals surface area (Å²) >= 11 is 0. The first kappa shape index (κ1) is 87.1. The summed E-state index contributed by atoms with van der Waals surface area (Å²) in [6.45, 7) is 26.0. The van der Waals surface area contributed by atoms with Crippen LogP contribution in [-0.2, 0) is 26.2 Å². The fourth-order valence-electron chi connectivity index (χ4n) is 12.3. The molecule has 12 aromatic rings. The third-order valence-electron chi connectivity index (χ3n) is 17.4. The van der Waals surface area contributed by atoms with Crippen molar-refractivity contribution in [2.75, 3.05) is 10.6 Å². The average molecular weight is 1460 g/mol. The van der Waals surface area contributed by atoms with E-state index in [1.807, 2.05) is 192 Å². The quantitative estimate of drug-likeness (QED) is 0.0342. The minimum Gasteiger partial charge on any atom is -0.508 e. The van der Waals surface area contributed by atoms with Crippen LogP contribution in [0.4, 0.5) is 11.4 Å². The maximum absolute atomic E-state index is 12.5. The van der Waals surface area contributed by atoms with Gasteiger partial charge in [0.05, 0.1) is 23.2 Å². The highest BCUT2D eigenvalue weighted by atomic mass is 16.3. The predicted octanol–water partition coefficient (Wildman–Crippen LogP) is 22.5. The van der Waals surface area contributed by atoms with E-state index in [-0.39, 0.29) is 81.6 Å². The maximum atomic E-state index is 12.5. The van der Waals surface area contributed by atoms with Crippen molar-refractivity contribution in [1.29, 1.82) is 0 Å². The van der Waals surface area contributed by atoms with E-state index in [0.29, 0.717) is 26.2 Å². The van der Waals surface area contributed by atoms with Crippen LogP contribution in [0.2, 0.25) is 0 Å². The van der Waals surface area contributed by atoms with Crippen molar-refractivity contribution in [2.45, 2.75) is 159 Å². The molecule has 0 aromatic heterocycles. The number of rotatable bonds is 20. The van der Waals surface area contributed by atoms with Gasteiger partial charge in [-0.3, -0.25) is 9.59 Å². The van der Waals surface area contributed by atoms with Gasteiger partial charge in [-0.15, -0.1) is 0 Å². The van der Waals surface area contributed by atoms with Gasteiger partial charge in [0.2, 0.25) is 0 Å². The Morgan fingerprint density at radius 2 is 0.574 bits per heavy atom. The molecule has 0 bridgehead atoms. The predicted molar refractivity (Wildman–Crippen MR) is 451 cm³/mol. The molecule has 13 rings (SSSR count). The van der Waals surface area contributed by atoms with Crippen molar-refractivity contribution in [1.82, 2.24) is 21.3 Å². The Hall–Kier alpha value is -11.6. The second kappa shape index (κ2) is 48.5. The van der Waals surface area contributed by atoms with Crippen molar-refractivity contribution in [2.24, 2.45) is 0 Å². The van der Waals surface area contributed by atoms with Crippen LogP contribution in [-0.4, -0.2) is 54.5 Å². The number of para-hydroxylation sites is 6. The standard InChI is InChI=1S/C34H28N2O2.C28H28N2O2.C20H22N2O4.6C2H6/c37-31-15-7-3-11-25(31)21-35-29-19-17-23-9-1-5-13-27(23)33(29)34-28-14-6-2-10-24(28)18-20-30(34)36-22-26-12-4-8-16-32(26)38;31-25-17-9-7-15-23(25)19-29-27(21-11-3-1-4-12-21)28(22-13-5-2-6-14-22)30-20-24-16-8-10-18-26(24)32;23-17-11-5-1-7-13(17)19(25)21-15-9-3-4-10-16(15)22-20(26)14-8-2-6-12-18(14)24;6*1-2/h1-20,35-38H,21-22H2;1-18,27-32H,19-20H2;1-2,5-8,11-12,15-16,23-24H,3-4,9-10H2,(H,21,25)(H,22,26);6*1-2H3/t;27-,28?;15-,16?;;;;;;/m.00....../s1. The first-order valence-corrected chi connectivity index (χ1v) is 38.3. The van der Waals surface area contributed by atoms with Crippen molar-refractivity contribution in [3.63, 3.8) is 0 Å². The number of hydrogen-bond acceptors (Lipinski definition) is 12. The van der Waals surface area contributed by atoms with Gasteiger partial charge in [-0.25, -0.2) is 0 Å². The van der Waals surface area contributed by atoms with Crippen LogP contribution in [0.15, 0.2) is 279 Å². The summed E-state index contributed by atoms with van der Waals surface area (Å²) < 4.78 is 0. The lowest BCUT2D eigenvalue weighted by Gasteiger charge is -2.33. The van der Waals surface area contributed by atoms with E-state index in [2.05, 4.69) is 129 Å². The Morgan fingerprint density at radius 3 is 0.889 bits per heavy atom. The Labute approximate surface area is 641 Å². The monoisotopic (exact) mass is 1450 g/mol. The minimum absolute atomic E-state index is 0.0657. The number of amides is 2. The summed E-state index contributed by atoms with van der Waals surface area (Å²) in [7, 11) is 0. The van der Waals surface area contributed by atoms with E-state index in [1.165, 1.54) is 12.1 Å². The Balaban J connectivity index is 0.000000275. The van der Waals surface area contributed by atoms with Gasteiger partial charge in [-0.05, 0) is 106 Å². The van der Waals surface area contributed by atoms with E-state index in [0.717, 1.165) is 103 Å². The molecule has 108 heavy (non-hydrogen) atoms. The highest BCUT2D eigenvalue weighted by Gasteiger charge is 2.30. The minimum atomic E-state index is -0.364. The summed E-state index contributed by atoms with van der Waals surface area (Å²) in [5.74, 6) is 0.241. The summed E-state index contributed by atoms with van der Waals surface area (Å²) in [6.07, 6.45) is 3.39. The van der Waals surface area contributed by atoms with Crippen LogP contribution < -0.4 is 31.9 Å². The first-order valence-electron chi connectivity index (χ1n) is 38.3. The lowest BCUT2D eigenvalue weighted by Crippen LogP contribution is -2.53. The van der Waals surface area contributed by atoms with Crippen molar-refractivity contribution < 1.29 is 40.2 Å². The molecule has 568 valence electrons. The number of phenolic OH excluding ortho intramolecular Hbond substituents is 6. The van der Waals surface area contributed by atoms with E-state index in [1.54, 1.807) is 60.7 Å². The van der Waals surface area contributed by atoms with Gasteiger partial charge in [0.1, 0.15) is 34.5 Å². The largest absolute Gasteiger partial charge is 0.508 e. The molecule has 2 amide bonds. The molecule has 0 heterocycles. The molecule has 12 N–H and O–H groups in total. The summed E-state index contributed by atoms with van der Waals surface area (Å²) in [4.78, 5) is 24.9. The number of carbonyl (C=O) groups is 2. The maximum Gasteiger partial charge on any atom is 0.255 e. The van der Waals surface area contributed by atoms with E-state index in [9.17, 15) is 40.2 Å². The number of nitrogens with one attached hydrogen (secondary N) is 6. The van der Waals surface area contributed by atoms with Crippen LogP contribution in [0, 0.1) is 0 Å². The molecular formula is C94H114N6O8. The average Bonchev–Trinajstić information content (AvgIpc) is 0.754. The molecule has 1 fully saturated rings. The fraction of sp³-hybridized carbons (Fsp3) is 0.255. The van der Waals surface area contributed by atoms with E-state index in [4.69, 9.17) is 0 Å². The molecule has 12 aromatic carbocycles. The molecule has 1 aliphatic carbocycles. The summed E-state index contributed by atoms with van der Waals surface area (Å²) in [5.41, 5.74) is 10.2. The first-order chi connectivity index (χ1) is 53.0. The summed E-state index contributed by atoms with van der Waals surface area (Å²) in [6, 6.07) is 87.7. The molecule has 1 saturated carbocycles. The van der Waals surface area contributed by atoms with Gasteiger partial charge in [0, 0.05) is 83.0 Å². The van der Waals surface area contributed by atoms with Crippen LogP contribution >= 0.6 is 0 Å². The molecule has 0 spiro atoms. The highest BCUT2D eigenvalue weighted by molar-refractivity contribution is 6.13. The Morgan fingerprint density at radius 1 is 0.306 bits per heavy atom. The number of carbonyl (C=O) groups excluding carboxylic acids is 2. The molecule has 1 aliphatic rings. The Kier molecular flexibility index (Phi) is 39.1. The molecule has 4 atom stereocenters. The van der Waals surface area contributed by atoms with E-state index < -0.39 is 0 Å². The van der Waals surface area contributed by atoms with Crippen LogP contribution in [0.5, 0.6) is 34.5 Å². The van der Waals surface area contributed by atoms with Crippen LogP contribution in [0.25, 0.3) is 32.7 Å². The zero-order valence-corrected chi connectivity index (χ0v) is 65.0. The van der Waals surface area contributed by atoms with Crippen molar-refractivity contribution >= 4 is 44.7 Å². The molecule has 14 nitrogen and oxygen atoms in total. The number of benzene rings is 12. The van der Waals surface area contributed by atoms with Crippen LogP contribution in [0.1, 0.15) is 175 Å². The lowest BCUT2D eigenvalue weighted by molar-refractivity contribution is 0.0859. The normalized spacial score (nSPS) is 12.7. The van der Waals surface area contributed by atoms with E-state index >= 15 is 0 Å². The summed E-state index contributed by atoms with van der Waals surface area (Å²) in [5, 5.41) is 85.8. The second-order valence-corrected chi connectivity index (χ2v) is 23.7. The smallest absolute Gasteiger partial charge is 0.255 e. The second-order valence-electron chi connectivity index (χ2n) is 23.7. The number of fused-ring (bicyclic) bond motifs is 2. The third kappa shape index (κ3) is 25.0. The molecule has 0 saturated heterocycles. The zero-order chi connectivity index (χ0) is 78.6. The topological polar surface area (TPSA) is 228 Å². The van der Waals surface area contributed by atoms with Gasteiger partial charge < -0.3 is 62.5 Å². The number of anilines is 2. The van der Waals surface area contributed by atoms with Crippen molar-refractivity contribution in [3.05, 3.63) is 324 Å². The molecular weight excluding hydrogens is 1340 g/mol. The van der Waals surface area contributed by atoms with Gasteiger partial charge >= 0.3 is 0 Å². The van der Waals surface area contributed by atoms with Crippen molar-refractivity contribution in [3.8, 4) is 45.6 Å². The van der Waals surface area contributed by atoms with Crippen LogP contribution in [0.3, 0.4) is 0 Å². The van der Waals surface area contributed by atoms with Gasteiger partial charge in [0.25, 0.3) is 11.8 Å². The molecule has 0 aliphatic heterocycles. The zero-order valence-electron chi connectivity index (χ0n) is 65.0. The number of aromatic hydroxyl groups is 6. The number of phenols is 6. The third-order valence-corrected chi connectivity index (χ3v) is 17.4. The molecule has 0 radical (unpaired) electrons. The highest BCUT2D eigenvalue weighted by Crippen LogP contribution is 2.44. The lowest BCUT2D eigenvalue weighted by atomic mass is 9.89. The van der Waals surface area contributed by atoms with Gasteiger partial charge in [-0.2, -0.15) is 0 Å². The SMILES string of the molecule is CC.CC.CC.CC.CC.CC.O=C(NC1CCCC[C@@H]1NC(=O)c1ccccc1O)c1ccccc1O.Oc1ccccc1CNC(c1ccccc1)[C@@H](NCc1ccccc1O)c1ccccc1.Oc1ccccc1CNc1ccc2ccccc2c1-c1c(NCc2ccccc2O)ccc2ccccc12. The molecule has 2 unspecified atom stereocenters. The fourth-order valence-corrected chi connectivity index (χ4v) is 12.3. The van der Waals surface area contributed by atoms with Gasteiger partial charge in [0.15, 0.2) is 0 Å². The molecule has 14 heteroatoms. The Bertz CT molecular complexity index is 4280.